The molecule has 8 nitrogen and oxygen atoms in total. The molecule has 0 atom stereocenters. The van der Waals surface area contributed by atoms with E-state index < -0.39 is 20.0 Å². The van der Waals surface area contributed by atoms with Crippen molar-refractivity contribution in [3.05, 3.63) is 89.0 Å². The Morgan fingerprint density at radius 3 is 1.44 bits per heavy atom. The van der Waals surface area contributed by atoms with Gasteiger partial charge in [0, 0.05) is 26.2 Å². The normalized spacial score (nSPS) is 16.9. The molecule has 10 heteroatoms. The molecule has 0 radical (unpaired) electrons. The summed E-state index contributed by atoms with van der Waals surface area (Å²) >= 11 is 0. The Hall–Kier alpha value is -2.76. The number of benzene rings is 3. The summed E-state index contributed by atoms with van der Waals surface area (Å²) in [6, 6.07) is 19.3. The van der Waals surface area contributed by atoms with Crippen LogP contribution in [-0.4, -0.2) is 71.9 Å². The first kappa shape index (κ1) is 29.2. The molecule has 0 unspecified atom stereocenters. The second kappa shape index (κ2) is 12.6. The smallest absolute Gasteiger partial charge is 0.243 e. The van der Waals surface area contributed by atoms with Crippen LogP contribution in [-0.2, 0) is 37.6 Å². The first-order chi connectivity index (χ1) is 18.6. The number of hydrogen-bond donors (Lipinski definition) is 0. The van der Waals surface area contributed by atoms with E-state index in [9.17, 15) is 16.8 Å². The fourth-order valence-electron chi connectivity index (χ4n) is 4.64. The maximum atomic E-state index is 13.5. The van der Waals surface area contributed by atoms with Crippen molar-refractivity contribution in [3.63, 3.8) is 0 Å². The topological polar surface area (TPSA) is 93.2 Å². The summed E-state index contributed by atoms with van der Waals surface area (Å²) in [7, 11) is -5.94. The molecule has 0 spiro atoms. The molecular formula is C29H36N2O6S2. The van der Waals surface area contributed by atoms with Gasteiger partial charge in [0.05, 0.1) is 30.1 Å². The van der Waals surface area contributed by atoms with Gasteiger partial charge in [0.15, 0.2) is 0 Å². The number of methoxy groups -OCH3 is 1. The van der Waals surface area contributed by atoms with E-state index >= 15 is 0 Å². The van der Waals surface area contributed by atoms with Gasteiger partial charge in [-0.25, -0.2) is 16.8 Å². The summed E-state index contributed by atoms with van der Waals surface area (Å²) < 4.78 is 68.5. The summed E-state index contributed by atoms with van der Waals surface area (Å²) in [5.74, 6) is 0.658. The SMILES string of the molecule is COc1c2cccc1CCN(S(=O)(=O)c1ccc(C)cc1)CCOCCN(S(=O)(=O)c1ccc(C)cc1)CC2. The molecule has 210 valence electrons. The Labute approximate surface area is 232 Å². The second-order valence-corrected chi connectivity index (χ2v) is 13.5. The van der Waals surface area contributed by atoms with Crippen LogP contribution in [0.25, 0.3) is 0 Å². The van der Waals surface area contributed by atoms with Crippen LogP contribution >= 0.6 is 0 Å². The van der Waals surface area contributed by atoms with Gasteiger partial charge in [0.2, 0.25) is 20.0 Å². The largest absolute Gasteiger partial charge is 0.496 e. The summed E-state index contributed by atoms with van der Waals surface area (Å²) in [5, 5.41) is 0. The van der Waals surface area contributed by atoms with Crippen LogP contribution in [0, 0.1) is 13.8 Å². The fourth-order valence-corrected chi connectivity index (χ4v) is 7.49. The van der Waals surface area contributed by atoms with E-state index in [2.05, 4.69) is 0 Å². The highest BCUT2D eigenvalue weighted by atomic mass is 32.2. The Bertz CT molecular complexity index is 1360. The van der Waals surface area contributed by atoms with Crippen LogP contribution in [0.4, 0.5) is 0 Å². The Morgan fingerprint density at radius 2 is 1.05 bits per heavy atom. The third-order valence-electron chi connectivity index (χ3n) is 6.93. The highest BCUT2D eigenvalue weighted by Crippen LogP contribution is 2.27. The van der Waals surface area contributed by atoms with Crippen LogP contribution in [0.5, 0.6) is 5.75 Å². The van der Waals surface area contributed by atoms with Gasteiger partial charge >= 0.3 is 0 Å². The molecule has 0 saturated heterocycles. The van der Waals surface area contributed by atoms with Gasteiger partial charge in [-0.2, -0.15) is 8.61 Å². The second-order valence-electron chi connectivity index (χ2n) is 9.66. The zero-order chi connectivity index (χ0) is 28.0. The van der Waals surface area contributed by atoms with Gasteiger partial charge in [-0.05, 0) is 62.1 Å². The van der Waals surface area contributed by atoms with Gasteiger partial charge in [-0.3, -0.25) is 0 Å². The van der Waals surface area contributed by atoms with E-state index in [-0.39, 0.29) is 49.2 Å². The number of ether oxygens (including phenoxy) is 2. The predicted molar refractivity (Wildman–Crippen MR) is 151 cm³/mol. The van der Waals surface area contributed by atoms with Gasteiger partial charge < -0.3 is 9.47 Å². The molecule has 0 amide bonds. The summed E-state index contributed by atoms with van der Waals surface area (Å²) in [5.41, 5.74) is 3.69. The molecule has 3 aromatic carbocycles. The zero-order valence-electron chi connectivity index (χ0n) is 22.7. The van der Waals surface area contributed by atoms with Crippen molar-refractivity contribution < 1.29 is 26.3 Å². The van der Waals surface area contributed by atoms with Crippen molar-refractivity contribution in [2.45, 2.75) is 36.5 Å². The molecule has 1 aliphatic rings. The molecule has 1 heterocycles. The minimum Gasteiger partial charge on any atom is -0.496 e. The van der Waals surface area contributed by atoms with Crippen molar-refractivity contribution in [3.8, 4) is 5.75 Å². The molecule has 0 fully saturated rings. The maximum absolute atomic E-state index is 13.5. The molecule has 39 heavy (non-hydrogen) atoms. The third-order valence-corrected chi connectivity index (χ3v) is 10.8. The Balaban J connectivity index is 1.64. The number of aryl methyl sites for hydroxylation is 2. The number of nitrogens with zero attached hydrogens (tertiary/aromatic N) is 2. The quantitative estimate of drug-likeness (QED) is 0.462. The maximum Gasteiger partial charge on any atom is 0.243 e. The average Bonchev–Trinajstić information content (AvgIpc) is 2.91. The lowest BCUT2D eigenvalue weighted by atomic mass is 10.0. The van der Waals surface area contributed by atoms with E-state index in [1.807, 2.05) is 32.0 Å². The van der Waals surface area contributed by atoms with Gasteiger partial charge in [0.25, 0.3) is 0 Å². The van der Waals surface area contributed by atoms with Gasteiger partial charge in [-0.15, -0.1) is 0 Å². The number of hydrogen-bond acceptors (Lipinski definition) is 6. The molecule has 0 aromatic heterocycles. The molecule has 3 aromatic rings. The predicted octanol–water partition coefficient (Wildman–Crippen LogP) is 3.81. The number of para-hydroxylation sites is 1. The number of rotatable bonds is 5. The monoisotopic (exact) mass is 572 g/mol. The van der Waals surface area contributed by atoms with E-state index in [1.54, 1.807) is 55.6 Å². The molecule has 0 aliphatic carbocycles. The van der Waals surface area contributed by atoms with E-state index in [4.69, 9.17) is 9.47 Å². The van der Waals surface area contributed by atoms with Crippen molar-refractivity contribution in [1.29, 1.82) is 0 Å². The standard InChI is InChI=1S/C29H36N2O6S2/c1-23-7-11-27(12-8-23)38(32,33)30-17-15-25-5-4-6-26(29(25)36-3)16-18-31(20-22-37-21-19-30)39(34,35)28-13-9-24(2)10-14-28/h4-14H,15-22H2,1-3H3. The Kier molecular flexibility index (Phi) is 9.45. The summed E-state index contributed by atoms with van der Waals surface area (Å²) in [4.78, 5) is 0.454. The number of sulfonamides is 2. The fraction of sp³-hybridized carbons (Fsp3) is 0.379. The highest BCUT2D eigenvalue weighted by molar-refractivity contribution is 7.89. The lowest BCUT2D eigenvalue weighted by molar-refractivity contribution is 0.113. The van der Waals surface area contributed by atoms with Crippen LogP contribution in [0.1, 0.15) is 22.3 Å². The minimum absolute atomic E-state index is 0.140. The van der Waals surface area contributed by atoms with Gasteiger partial charge in [0.1, 0.15) is 5.75 Å². The first-order valence-electron chi connectivity index (χ1n) is 13.0. The third kappa shape index (κ3) is 6.88. The van der Waals surface area contributed by atoms with Crippen LogP contribution in [0.3, 0.4) is 0 Å². The molecular weight excluding hydrogens is 536 g/mol. The average molecular weight is 573 g/mol. The highest BCUT2D eigenvalue weighted by Gasteiger charge is 2.27. The molecule has 0 N–H and O–H groups in total. The lowest BCUT2D eigenvalue weighted by Gasteiger charge is -2.26. The van der Waals surface area contributed by atoms with Crippen LogP contribution in [0.15, 0.2) is 76.5 Å². The lowest BCUT2D eigenvalue weighted by Crippen LogP contribution is -2.38. The Morgan fingerprint density at radius 1 is 0.641 bits per heavy atom. The summed E-state index contributed by atoms with van der Waals surface area (Å²) in [6.45, 7) is 4.90. The summed E-state index contributed by atoms with van der Waals surface area (Å²) in [6.07, 6.45) is 0.876. The first-order valence-corrected chi connectivity index (χ1v) is 15.9. The van der Waals surface area contributed by atoms with Gasteiger partial charge in [-0.1, -0.05) is 53.6 Å². The molecule has 4 rings (SSSR count). The molecule has 2 bridgehead atoms. The van der Waals surface area contributed by atoms with Crippen molar-refractivity contribution in [2.24, 2.45) is 0 Å². The molecule has 0 saturated carbocycles. The van der Waals surface area contributed by atoms with Crippen molar-refractivity contribution >= 4 is 20.0 Å². The zero-order valence-corrected chi connectivity index (χ0v) is 24.3. The van der Waals surface area contributed by atoms with Crippen molar-refractivity contribution in [2.75, 3.05) is 46.5 Å². The van der Waals surface area contributed by atoms with Crippen LogP contribution < -0.4 is 4.74 Å². The van der Waals surface area contributed by atoms with E-state index in [0.717, 1.165) is 22.3 Å². The minimum atomic E-state index is -3.76. The van der Waals surface area contributed by atoms with E-state index in [1.165, 1.54) is 8.61 Å². The van der Waals surface area contributed by atoms with E-state index in [0.29, 0.717) is 18.6 Å². The molecule has 1 aliphatic heterocycles. The van der Waals surface area contributed by atoms with Crippen LogP contribution in [0.2, 0.25) is 0 Å². The van der Waals surface area contributed by atoms with Crippen molar-refractivity contribution in [1.82, 2.24) is 8.61 Å². The number of fused-ring (bicyclic) bond motifs is 2.